The lowest BCUT2D eigenvalue weighted by molar-refractivity contribution is -0.137. The quantitative estimate of drug-likeness (QED) is 0.805. The fourth-order valence-corrected chi connectivity index (χ4v) is 2.91. The van der Waals surface area contributed by atoms with E-state index in [1.165, 1.54) is 10.1 Å². The van der Waals surface area contributed by atoms with Gasteiger partial charge in [-0.1, -0.05) is 35.9 Å². The zero-order chi connectivity index (χ0) is 16.6. The first kappa shape index (κ1) is 15.1. The molecule has 0 aliphatic heterocycles. The highest BCUT2D eigenvalue weighted by molar-refractivity contribution is 5.78. The first-order valence-corrected chi connectivity index (χ1v) is 7.43. The molecule has 0 amide bonds. The summed E-state index contributed by atoms with van der Waals surface area (Å²) in [6.07, 6.45) is 0. The second-order valence-corrected chi connectivity index (χ2v) is 5.77. The SMILES string of the molecule is Cc1ccc(Cn2c(=O)n(CC(=O)O)c3ccccc32)c(C)c1. The van der Waals surface area contributed by atoms with E-state index >= 15 is 0 Å². The minimum absolute atomic E-state index is 0.298. The highest BCUT2D eigenvalue weighted by atomic mass is 16.4. The summed E-state index contributed by atoms with van der Waals surface area (Å²) < 4.78 is 2.94. The maximum Gasteiger partial charge on any atom is 0.329 e. The van der Waals surface area contributed by atoms with Crippen LogP contribution >= 0.6 is 0 Å². The Morgan fingerprint density at radius 3 is 2.30 bits per heavy atom. The number of rotatable bonds is 4. The lowest BCUT2D eigenvalue weighted by Crippen LogP contribution is -2.27. The molecule has 5 nitrogen and oxygen atoms in total. The smallest absolute Gasteiger partial charge is 0.329 e. The van der Waals surface area contributed by atoms with Gasteiger partial charge in [0.1, 0.15) is 6.54 Å². The fraction of sp³-hybridized carbons (Fsp3) is 0.222. The molecule has 1 N–H and O–H groups in total. The molecule has 0 unspecified atom stereocenters. The van der Waals surface area contributed by atoms with Crippen LogP contribution in [0.25, 0.3) is 11.0 Å². The molecule has 0 fully saturated rings. The molecule has 0 bridgehead atoms. The van der Waals surface area contributed by atoms with E-state index in [9.17, 15) is 9.59 Å². The van der Waals surface area contributed by atoms with E-state index in [0.29, 0.717) is 12.1 Å². The van der Waals surface area contributed by atoms with Crippen molar-refractivity contribution in [2.24, 2.45) is 0 Å². The van der Waals surface area contributed by atoms with Gasteiger partial charge in [0.05, 0.1) is 17.6 Å². The summed E-state index contributed by atoms with van der Waals surface area (Å²) in [5, 5.41) is 9.06. The van der Waals surface area contributed by atoms with Crippen molar-refractivity contribution in [2.75, 3.05) is 0 Å². The van der Waals surface area contributed by atoms with Gasteiger partial charge in [0.15, 0.2) is 0 Å². The normalized spacial score (nSPS) is 11.0. The van der Waals surface area contributed by atoms with Crippen LogP contribution in [0.2, 0.25) is 0 Å². The Kier molecular flexibility index (Phi) is 3.78. The molecule has 0 spiro atoms. The van der Waals surface area contributed by atoms with Crippen molar-refractivity contribution in [3.8, 4) is 0 Å². The number of carboxylic acids is 1. The molecule has 0 saturated heterocycles. The van der Waals surface area contributed by atoms with E-state index < -0.39 is 5.97 Å². The predicted molar refractivity (Wildman–Crippen MR) is 88.9 cm³/mol. The molecule has 0 aliphatic carbocycles. The minimum atomic E-state index is -1.03. The first-order valence-electron chi connectivity index (χ1n) is 7.43. The van der Waals surface area contributed by atoms with Crippen molar-refractivity contribution in [1.29, 1.82) is 0 Å². The average Bonchev–Trinajstić information content (AvgIpc) is 2.75. The van der Waals surface area contributed by atoms with Crippen molar-refractivity contribution in [1.82, 2.24) is 9.13 Å². The molecule has 5 heteroatoms. The number of aromatic nitrogens is 2. The molecule has 1 heterocycles. The number of carboxylic acid groups (broad SMARTS) is 1. The molecule has 0 atom stereocenters. The summed E-state index contributed by atoms with van der Waals surface area (Å²) in [6.45, 7) is 4.14. The summed E-state index contributed by atoms with van der Waals surface area (Å²) in [5.74, 6) is -1.03. The highest BCUT2D eigenvalue weighted by Gasteiger charge is 2.15. The Labute approximate surface area is 133 Å². The lowest BCUT2D eigenvalue weighted by atomic mass is 10.1. The van der Waals surface area contributed by atoms with E-state index in [2.05, 4.69) is 6.07 Å². The van der Waals surface area contributed by atoms with Crippen molar-refractivity contribution in [2.45, 2.75) is 26.9 Å². The van der Waals surface area contributed by atoms with Crippen LogP contribution in [0, 0.1) is 13.8 Å². The second-order valence-electron chi connectivity index (χ2n) is 5.77. The number of aliphatic carboxylic acids is 1. The number of imidazole rings is 1. The van der Waals surface area contributed by atoms with Crippen LogP contribution in [0.3, 0.4) is 0 Å². The zero-order valence-electron chi connectivity index (χ0n) is 13.1. The Hall–Kier alpha value is -2.82. The molecule has 0 saturated carbocycles. The van der Waals surface area contributed by atoms with Crippen LogP contribution in [0.15, 0.2) is 47.3 Å². The van der Waals surface area contributed by atoms with Crippen LogP contribution in [0.5, 0.6) is 0 Å². The van der Waals surface area contributed by atoms with Crippen molar-refractivity contribution < 1.29 is 9.90 Å². The number of nitrogens with zero attached hydrogens (tertiary/aromatic N) is 2. The molecule has 3 rings (SSSR count). The molecular weight excluding hydrogens is 292 g/mol. The topological polar surface area (TPSA) is 64.2 Å². The molecule has 23 heavy (non-hydrogen) atoms. The van der Waals surface area contributed by atoms with Gasteiger partial charge >= 0.3 is 11.7 Å². The van der Waals surface area contributed by atoms with E-state index in [0.717, 1.165) is 16.6 Å². The Morgan fingerprint density at radius 1 is 1.04 bits per heavy atom. The number of para-hydroxylation sites is 2. The number of carbonyl (C=O) groups is 1. The lowest BCUT2D eigenvalue weighted by Gasteiger charge is -2.08. The molecule has 2 aromatic carbocycles. The van der Waals surface area contributed by atoms with E-state index in [4.69, 9.17) is 5.11 Å². The van der Waals surface area contributed by atoms with Gasteiger partial charge in [0.25, 0.3) is 0 Å². The monoisotopic (exact) mass is 310 g/mol. The number of aryl methyl sites for hydroxylation is 2. The zero-order valence-corrected chi connectivity index (χ0v) is 13.1. The van der Waals surface area contributed by atoms with E-state index in [1.807, 2.05) is 44.2 Å². The maximum atomic E-state index is 12.7. The third-order valence-electron chi connectivity index (χ3n) is 4.05. The van der Waals surface area contributed by atoms with E-state index in [-0.39, 0.29) is 12.2 Å². The Bertz CT molecular complexity index is 951. The van der Waals surface area contributed by atoms with Crippen LogP contribution in [-0.4, -0.2) is 20.2 Å². The van der Waals surface area contributed by atoms with Crippen molar-refractivity contribution in [3.63, 3.8) is 0 Å². The summed E-state index contributed by atoms with van der Waals surface area (Å²) in [5.41, 5.74) is 4.44. The van der Waals surface area contributed by atoms with Gasteiger partial charge in [0.2, 0.25) is 0 Å². The Morgan fingerprint density at radius 2 is 1.70 bits per heavy atom. The molecule has 0 radical (unpaired) electrons. The molecular formula is C18H18N2O3. The first-order chi connectivity index (χ1) is 11.0. The van der Waals surface area contributed by atoms with Gasteiger partial charge in [-0.3, -0.25) is 13.9 Å². The van der Waals surface area contributed by atoms with Gasteiger partial charge in [0, 0.05) is 0 Å². The van der Waals surface area contributed by atoms with E-state index in [1.54, 1.807) is 10.6 Å². The summed E-state index contributed by atoms with van der Waals surface area (Å²) in [6, 6.07) is 13.4. The van der Waals surface area contributed by atoms with Gasteiger partial charge in [-0.25, -0.2) is 4.79 Å². The predicted octanol–water partition coefficient (Wildman–Crippen LogP) is 2.55. The number of hydrogen-bond acceptors (Lipinski definition) is 2. The largest absolute Gasteiger partial charge is 0.480 e. The molecule has 0 aliphatic rings. The maximum absolute atomic E-state index is 12.7. The van der Waals surface area contributed by atoms with Crippen LogP contribution < -0.4 is 5.69 Å². The van der Waals surface area contributed by atoms with Crippen molar-refractivity contribution >= 4 is 17.0 Å². The van der Waals surface area contributed by atoms with Gasteiger partial charge in [-0.05, 0) is 37.1 Å². The van der Waals surface area contributed by atoms with Gasteiger partial charge in [-0.15, -0.1) is 0 Å². The van der Waals surface area contributed by atoms with Crippen LogP contribution in [0.4, 0.5) is 0 Å². The van der Waals surface area contributed by atoms with Gasteiger partial charge in [-0.2, -0.15) is 0 Å². The Balaban J connectivity index is 2.15. The van der Waals surface area contributed by atoms with Crippen LogP contribution in [0.1, 0.15) is 16.7 Å². The number of benzene rings is 2. The van der Waals surface area contributed by atoms with Gasteiger partial charge < -0.3 is 5.11 Å². The fourth-order valence-electron chi connectivity index (χ4n) is 2.91. The summed E-state index contributed by atoms with van der Waals surface area (Å²) >= 11 is 0. The molecule has 118 valence electrons. The molecule has 1 aromatic heterocycles. The number of hydrogen-bond donors (Lipinski definition) is 1. The average molecular weight is 310 g/mol. The standard InChI is InChI=1S/C18H18N2O3/c1-12-7-8-14(13(2)9-12)10-19-15-5-3-4-6-16(15)20(18(19)23)11-17(21)22/h3-9H,10-11H2,1-2H3,(H,21,22). The molecule has 3 aromatic rings. The van der Waals surface area contributed by atoms with Crippen LogP contribution in [-0.2, 0) is 17.9 Å². The van der Waals surface area contributed by atoms with Crippen molar-refractivity contribution in [3.05, 3.63) is 69.6 Å². The summed E-state index contributed by atoms with van der Waals surface area (Å²) in [7, 11) is 0. The third kappa shape index (κ3) is 2.77. The minimum Gasteiger partial charge on any atom is -0.480 e. The highest BCUT2D eigenvalue weighted by Crippen LogP contribution is 2.17. The second kappa shape index (κ2) is 5.76. The summed E-state index contributed by atoms with van der Waals surface area (Å²) in [4.78, 5) is 23.7. The third-order valence-corrected chi connectivity index (χ3v) is 4.05. The number of fused-ring (bicyclic) bond motifs is 1.